The predicted octanol–water partition coefficient (Wildman–Crippen LogP) is 0.238. The molecule has 0 saturated carbocycles. The van der Waals surface area contributed by atoms with Crippen molar-refractivity contribution in [1.29, 1.82) is 0 Å². The summed E-state index contributed by atoms with van der Waals surface area (Å²) in [6, 6.07) is 0. The quantitative estimate of drug-likeness (QED) is 0.498. The van der Waals surface area contributed by atoms with Crippen molar-refractivity contribution in [2.45, 2.75) is 20.0 Å². The highest BCUT2D eigenvalue weighted by molar-refractivity contribution is 4.78. The van der Waals surface area contributed by atoms with Crippen LogP contribution in [0.2, 0.25) is 0 Å². The van der Waals surface area contributed by atoms with E-state index in [1.54, 1.807) is 0 Å². The monoisotopic (exact) mass is 128 g/mol. The predicted molar refractivity (Wildman–Crippen MR) is 36.2 cm³/mol. The minimum absolute atomic E-state index is 0.123. The van der Waals surface area contributed by atoms with Crippen molar-refractivity contribution in [3.05, 3.63) is 0 Å². The van der Waals surface area contributed by atoms with Crippen LogP contribution >= 0.6 is 0 Å². The number of rotatable bonds is 0. The molecule has 1 aliphatic heterocycles. The second-order valence-electron chi connectivity index (χ2n) is 3.03. The molecule has 1 aliphatic rings. The van der Waals surface area contributed by atoms with Gasteiger partial charge in [0.25, 0.3) is 0 Å². The number of aliphatic hydroxyl groups excluding tert-OH is 1. The highest BCUT2D eigenvalue weighted by Gasteiger charge is 2.25. The number of piperidine rings is 1. The molecule has 0 aliphatic carbocycles. The summed E-state index contributed by atoms with van der Waals surface area (Å²) in [5.74, 6) is 0.738. The van der Waals surface area contributed by atoms with Crippen LogP contribution in [0.25, 0.3) is 0 Å². The van der Waals surface area contributed by atoms with E-state index in [1.165, 1.54) is 0 Å². The van der Waals surface area contributed by atoms with Gasteiger partial charge in [0.2, 0.25) is 0 Å². The summed E-state index contributed by atoms with van der Waals surface area (Å²) in [5, 5.41) is 13.6. The van der Waals surface area contributed by atoms with E-state index in [0.29, 0.717) is 11.8 Å². The van der Waals surface area contributed by atoms with Gasteiger partial charge in [-0.05, 0) is 11.8 Å². The first kappa shape index (κ1) is 7.03. The van der Waals surface area contributed by atoms with E-state index in [9.17, 15) is 5.11 Å². The highest BCUT2D eigenvalue weighted by atomic mass is 16.3. The molecule has 0 bridgehead atoms. The molecule has 1 N–H and O–H groups in total. The van der Waals surface area contributed by atoms with Gasteiger partial charge in [-0.15, -0.1) is 0 Å². The van der Waals surface area contributed by atoms with Gasteiger partial charge in [0.05, 0.1) is 6.10 Å². The fraction of sp³-hybridized carbons (Fsp3) is 1.00. The molecule has 9 heavy (non-hydrogen) atoms. The van der Waals surface area contributed by atoms with E-state index in [0.717, 1.165) is 13.1 Å². The van der Waals surface area contributed by atoms with Crippen molar-refractivity contribution < 1.29 is 5.11 Å². The van der Waals surface area contributed by atoms with Crippen LogP contribution in [0.3, 0.4) is 0 Å². The lowest BCUT2D eigenvalue weighted by Crippen LogP contribution is -2.41. The van der Waals surface area contributed by atoms with Crippen LogP contribution in [-0.2, 0) is 0 Å². The van der Waals surface area contributed by atoms with Crippen molar-refractivity contribution in [2.24, 2.45) is 11.8 Å². The van der Waals surface area contributed by atoms with Gasteiger partial charge in [0.15, 0.2) is 0 Å². The van der Waals surface area contributed by atoms with Gasteiger partial charge < -0.3 is 5.11 Å². The first-order valence-electron chi connectivity index (χ1n) is 3.53. The van der Waals surface area contributed by atoms with Crippen LogP contribution < -0.4 is 5.32 Å². The first-order valence-corrected chi connectivity index (χ1v) is 3.53. The summed E-state index contributed by atoms with van der Waals surface area (Å²) in [4.78, 5) is 0. The Kier molecular flexibility index (Phi) is 2.09. The second kappa shape index (κ2) is 2.67. The number of hydrogen-bond acceptors (Lipinski definition) is 1. The number of hydrogen-bond donors (Lipinski definition) is 1. The first-order chi connectivity index (χ1) is 4.22. The second-order valence-corrected chi connectivity index (χ2v) is 3.03. The van der Waals surface area contributed by atoms with E-state index in [2.05, 4.69) is 5.32 Å². The van der Waals surface area contributed by atoms with Crippen molar-refractivity contribution >= 4 is 0 Å². The van der Waals surface area contributed by atoms with Gasteiger partial charge in [0, 0.05) is 13.1 Å². The summed E-state index contributed by atoms with van der Waals surface area (Å²) >= 11 is 0. The van der Waals surface area contributed by atoms with Crippen LogP contribution in [-0.4, -0.2) is 24.3 Å². The third-order valence-electron chi connectivity index (χ3n) is 2.00. The zero-order valence-corrected chi connectivity index (χ0v) is 6.04. The molecule has 0 amide bonds. The zero-order chi connectivity index (χ0) is 6.85. The standard InChI is InChI=1S/C7H14NO/c1-5-3-8-4-6(2)7(5)9/h5-7,9H,3-4H2,1-2H3. The van der Waals surface area contributed by atoms with Crippen LogP contribution in [0.5, 0.6) is 0 Å². The lowest BCUT2D eigenvalue weighted by atomic mass is 9.90. The minimum atomic E-state index is -0.123. The van der Waals surface area contributed by atoms with Crippen molar-refractivity contribution in [3.63, 3.8) is 0 Å². The maximum Gasteiger partial charge on any atom is 0.0616 e. The normalized spacial score (nSPS) is 45.0. The van der Waals surface area contributed by atoms with E-state index in [4.69, 9.17) is 0 Å². The number of nitrogens with zero attached hydrogens (tertiary/aromatic N) is 1. The highest BCUT2D eigenvalue weighted by Crippen LogP contribution is 2.16. The smallest absolute Gasteiger partial charge is 0.0616 e. The lowest BCUT2D eigenvalue weighted by Gasteiger charge is -2.29. The molecule has 2 atom stereocenters. The molecular formula is C7H14NO. The van der Waals surface area contributed by atoms with Crippen LogP contribution in [0.4, 0.5) is 0 Å². The largest absolute Gasteiger partial charge is 0.392 e. The third kappa shape index (κ3) is 1.43. The molecule has 0 aromatic rings. The molecule has 2 heteroatoms. The van der Waals surface area contributed by atoms with Crippen LogP contribution in [0.15, 0.2) is 0 Å². The average molecular weight is 128 g/mol. The molecule has 1 saturated heterocycles. The van der Waals surface area contributed by atoms with E-state index >= 15 is 0 Å². The zero-order valence-electron chi connectivity index (χ0n) is 6.04. The van der Waals surface area contributed by atoms with Crippen LogP contribution in [0, 0.1) is 11.8 Å². The molecule has 53 valence electrons. The Morgan fingerprint density at radius 2 is 1.67 bits per heavy atom. The summed E-state index contributed by atoms with van der Waals surface area (Å²) in [6.45, 7) is 5.77. The SMILES string of the molecule is CC1C[N]CC(C)C1O. The van der Waals surface area contributed by atoms with Gasteiger partial charge in [-0.2, -0.15) is 0 Å². The average Bonchev–Trinajstić information content (AvgIpc) is 1.83. The summed E-state index contributed by atoms with van der Waals surface area (Å²) < 4.78 is 0. The fourth-order valence-electron chi connectivity index (χ4n) is 1.26. The summed E-state index contributed by atoms with van der Waals surface area (Å²) in [5.41, 5.74) is 0. The molecule has 0 spiro atoms. The molecule has 2 nitrogen and oxygen atoms in total. The van der Waals surface area contributed by atoms with Gasteiger partial charge in [-0.25, -0.2) is 5.32 Å². The summed E-state index contributed by atoms with van der Waals surface area (Å²) in [7, 11) is 0. The van der Waals surface area contributed by atoms with E-state index in [-0.39, 0.29) is 6.10 Å². The third-order valence-corrected chi connectivity index (χ3v) is 2.00. The Hall–Kier alpha value is -0.0800. The Balaban J connectivity index is 2.41. The van der Waals surface area contributed by atoms with Gasteiger partial charge in [-0.3, -0.25) is 0 Å². The molecule has 1 rings (SSSR count). The maximum atomic E-state index is 9.39. The maximum absolute atomic E-state index is 9.39. The van der Waals surface area contributed by atoms with Crippen molar-refractivity contribution in [2.75, 3.05) is 13.1 Å². The van der Waals surface area contributed by atoms with Gasteiger partial charge in [-0.1, -0.05) is 13.8 Å². The van der Waals surface area contributed by atoms with E-state index in [1.807, 2.05) is 13.8 Å². The van der Waals surface area contributed by atoms with Crippen molar-refractivity contribution in [1.82, 2.24) is 5.32 Å². The molecular weight excluding hydrogens is 114 g/mol. The minimum Gasteiger partial charge on any atom is -0.392 e. The Morgan fingerprint density at radius 3 is 2.00 bits per heavy atom. The molecule has 1 radical (unpaired) electrons. The Morgan fingerprint density at radius 1 is 1.22 bits per heavy atom. The van der Waals surface area contributed by atoms with E-state index < -0.39 is 0 Å². The summed E-state index contributed by atoms with van der Waals surface area (Å²) in [6.07, 6.45) is -0.123. The van der Waals surface area contributed by atoms with Crippen LogP contribution in [0.1, 0.15) is 13.8 Å². The Bertz CT molecular complexity index is 84.9. The van der Waals surface area contributed by atoms with Crippen molar-refractivity contribution in [3.8, 4) is 0 Å². The molecule has 1 heterocycles. The molecule has 1 fully saturated rings. The number of aliphatic hydroxyl groups is 1. The lowest BCUT2D eigenvalue weighted by molar-refractivity contribution is 0.0421. The molecule has 0 aromatic heterocycles. The topological polar surface area (TPSA) is 34.3 Å². The van der Waals surface area contributed by atoms with Gasteiger partial charge in [0.1, 0.15) is 0 Å². The Labute approximate surface area is 56.3 Å². The van der Waals surface area contributed by atoms with Gasteiger partial charge >= 0.3 is 0 Å². The fourth-order valence-corrected chi connectivity index (χ4v) is 1.26. The molecule has 2 unspecified atom stereocenters. The molecule has 0 aromatic carbocycles.